The van der Waals surface area contributed by atoms with E-state index in [9.17, 15) is 4.79 Å². The van der Waals surface area contributed by atoms with E-state index in [0.29, 0.717) is 10.7 Å². The molecule has 4 nitrogen and oxygen atoms in total. The van der Waals surface area contributed by atoms with Crippen LogP contribution in [0.3, 0.4) is 0 Å². The van der Waals surface area contributed by atoms with Crippen LogP contribution >= 0.6 is 27.3 Å². The number of carbonyl (C=O) groups excluding carboxylic acids is 1. The highest BCUT2D eigenvalue weighted by molar-refractivity contribution is 9.11. The molecule has 0 aliphatic heterocycles. The number of carbonyl (C=O) groups is 1. The molecule has 0 saturated carbocycles. The molecule has 0 aliphatic carbocycles. The fourth-order valence-corrected chi connectivity index (χ4v) is 2.80. The van der Waals surface area contributed by atoms with Gasteiger partial charge in [-0.1, -0.05) is 29.5 Å². The van der Waals surface area contributed by atoms with Gasteiger partial charge in [-0.2, -0.15) is 0 Å². The molecular formula is C13H14BrN3OS. The lowest BCUT2D eigenvalue weighted by Crippen LogP contribution is -2.17. The van der Waals surface area contributed by atoms with E-state index < -0.39 is 0 Å². The summed E-state index contributed by atoms with van der Waals surface area (Å²) in [5, 5.41) is 6.50. The van der Waals surface area contributed by atoms with Gasteiger partial charge in [-0.3, -0.25) is 10.1 Å². The summed E-state index contributed by atoms with van der Waals surface area (Å²) in [6, 6.07) is 7.63. The standard InChI is InChI=1S/C13H14BrN3OS/c1-15-7-6-9-4-2-3-5-10(9)12(18)17-13-16-8-11(14)19-13/h2-5,8,15H,6-7H2,1H3,(H,16,17,18). The minimum Gasteiger partial charge on any atom is -0.319 e. The fourth-order valence-electron chi connectivity index (χ4n) is 1.70. The quantitative estimate of drug-likeness (QED) is 0.880. The maximum atomic E-state index is 12.2. The molecule has 2 N–H and O–H groups in total. The van der Waals surface area contributed by atoms with Crippen LogP contribution in [0.2, 0.25) is 0 Å². The number of aromatic nitrogens is 1. The lowest BCUT2D eigenvalue weighted by Gasteiger charge is -2.08. The summed E-state index contributed by atoms with van der Waals surface area (Å²) in [5.41, 5.74) is 1.73. The van der Waals surface area contributed by atoms with Crippen LogP contribution in [0.1, 0.15) is 15.9 Å². The Labute approximate surface area is 124 Å². The largest absolute Gasteiger partial charge is 0.319 e. The normalized spacial score (nSPS) is 10.4. The highest BCUT2D eigenvalue weighted by Gasteiger charge is 2.12. The van der Waals surface area contributed by atoms with E-state index in [2.05, 4.69) is 31.5 Å². The van der Waals surface area contributed by atoms with Gasteiger partial charge in [-0.05, 0) is 47.6 Å². The highest BCUT2D eigenvalue weighted by Crippen LogP contribution is 2.24. The van der Waals surface area contributed by atoms with Gasteiger partial charge in [0.05, 0.1) is 9.98 Å². The number of rotatable bonds is 5. The van der Waals surface area contributed by atoms with Crippen molar-refractivity contribution in [2.24, 2.45) is 0 Å². The molecule has 0 spiro atoms. The van der Waals surface area contributed by atoms with Crippen LogP contribution < -0.4 is 10.6 Å². The minimum absolute atomic E-state index is 0.117. The molecule has 1 aromatic carbocycles. The van der Waals surface area contributed by atoms with Crippen molar-refractivity contribution in [2.45, 2.75) is 6.42 Å². The van der Waals surface area contributed by atoms with Gasteiger partial charge >= 0.3 is 0 Å². The van der Waals surface area contributed by atoms with E-state index in [1.165, 1.54) is 11.3 Å². The summed E-state index contributed by atoms with van der Waals surface area (Å²) in [7, 11) is 1.90. The van der Waals surface area contributed by atoms with E-state index >= 15 is 0 Å². The van der Waals surface area contributed by atoms with E-state index in [1.807, 2.05) is 31.3 Å². The first-order valence-electron chi connectivity index (χ1n) is 5.86. The third-order valence-electron chi connectivity index (χ3n) is 2.60. The summed E-state index contributed by atoms with van der Waals surface area (Å²) in [6.45, 7) is 0.840. The van der Waals surface area contributed by atoms with Crippen molar-refractivity contribution in [2.75, 3.05) is 18.9 Å². The first kappa shape index (κ1) is 14.2. The summed E-state index contributed by atoms with van der Waals surface area (Å²) < 4.78 is 0.895. The third-order valence-corrected chi connectivity index (χ3v) is 4.00. The van der Waals surface area contributed by atoms with E-state index in [4.69, 9.17) is 0 Å². The first-order chi connectivity index (χ1) is 9.20. The van der Waals surface area contributed by atoms with Gasteiger partial charge < -0.3 is 5.32 Å². The number of nitrogens with zero attached hydrogens (tertiary/aromatic N) is 1. The second-order valence-electron chi connectivity index (χ2n) is 3.93. The fraction of sp³-hybridized carbons (Fsp3) is 0.231. The molecule has 1 heterocycles. The average molecular weight is 340 g/mol. The van der Waals surface area contributed by atoms with Crippen molar-refractivity contribution in [3.05, 3.63) is 45.4 Å². The van der Waals surface area contributed by atoms with E-state index in [0.717, 1.165) is 22.3 Å². The number of hydrogen-bond acceptors (Lipinski definition) is 4. The smallest absolute Gasteiger partial charge is 0.257 e. The Morgan fingerprint density at radius 2 is 2.21 bits per heavy atom. The number of halogens is 1. The molecule has 2 rings (SSSR count). The number of likely N-dealkylation sites (N-methyl/N-ethyl adjacent to an activating group) is 1. The Balaban J connectivity index is 2.14. The molecule has 6 heteroatoms. The third kappa shape index (κ3) is 3.86. The topological polar surface area (TPSA) is 54.0 Å². The van der Waals surface area contributed by atoms with Crippen molar-refractivity contribution in [1.82, 2.24) is 10.3 Å². The minimum atomic E-state index is -0.117. The van der Waals surface area contributed by atoms with Gasteiger partial charge in [-0.25, -0.2) is 4.98 Å². The lowest BCUT2D eigenvalue weighted by molar-refractivity contribution is 0.102. The van der Waals surface area contributed by atoms with Crippen molar-refractivity contribution in [3.8, 4) is 0 Å². The van der Waals surface area contributed by atoms with E-state index in [-0.39, 0.29) is 5.91 Å². The van der Waals surface area contributed by atoms with Crippen LogP contribution in [-0.4, -0.2) is 24.5 Å². The molecule has 2 aromatic rings. The molecule has 0 atom stereocenters. The van der Waals surface area contributed by atoms with Crippen molar-refractivity contribution in [3.63, 3.8) is 0 Å². The molecule has 0 bridgehead atoms. The van der Waals surface area contributed by atoms with Crippen LogP contribution in [0.4, 0.5) is 5.13 Å². The summed E-state index contributed by atoms with van der Waals surface area (Å²) >= 11 is 4.72. The molecule has 1 amide bonds. The molecular weight excluding hydrogens is 326 g/mol. The molecule has 0 saturated heterocycles. The number of anilines is 1. The monoisotopic (exact) mass is 339 g/mol. The molecule has 0 aliphatic rings. The second-order valence-corrected chi connectivity index (χ2v) is 6.34. The zero-order valence-electron chi connectivity index (χ0n) is 10.4. The van der Waals surface area contributed by atoms with Crippen molar-refractivity contribution >= 4 is 38.3 Å². The molecule has 0 fully saturated rings. The van der Waals surface area contributed by atoms with Crippen molar-refractivity contribution < 1.29 is 4.79 Å². The molecule has 100 valence electrons. The lowest BCUT2D eigenvalue weighted by atomic mass is 10.0. The zero-order valence-corrected chi connectivity index (χ0v) is 12.8. The first-order valence-corrected chi connectivity index (χ1v) is 7.47. The molecule has 19 heavy (non-hydrogen) atoms. The Morgan fingerprint density at radius 3 is 2.89 bits per heavy atom. The molecule has 0 radical (unpaired) electrons. The van der Waals surface area contributed by atoms with Crippen LogP contribution in [-0.2, 0) is 6.42 Å². The van der Waals surface area contributed by atoms with Gasteiger partial charge in [0.25, 0.3) is 5.91 Å². The summed E-state index contributed by atoms with van der Waals surface area (Å²) in [5.74, 6) is -0.117. The van der Waals surface area contributed by atoms with Crippen LogP contribution in [0.15, 0.2) is 34.2 Å². The summed E-state index contributed by atoms with van der Waals surface area (Å²) in [4.78, 5) is 16.3. The van der Waals surface area contributed by atoms with Gasteiger partial charge in [-0.15, -0.1) is 0 Å². The van der Waals surface area contributed by atoms with Gasteiger partial charge in [0.2, 0.25) is 0 Å². The Hall–Kier alpha value is -1.24. The van der Waals surface area contributed by atoms with Crippen molar-refractivity contribution in [1.29, 1.82) is 0 Å². The predicted molar refractivity (Wildman–Crippen MR) is 81.8 cm³/mol. The Kier molecular flexibility index (Phi) is 5.07. The maximum absolute atomic E-state index is 12.2. The second kappa shape index (κ2) is 6.79. The zero-order chi connectivity index (χ0) is 13.7. The Bertz CT molecular complexity index is 571. The average Bonchev–Trinajstić information content (AvgIpc) is 2.82. The summed E-state index contributed by atoms with van der Waals surface area (Å²) in [6.07, 6.45) is 2.49. The van der Waals surface area contributed by atoms with Crippen LogP contribution in [0.25, 0.3) is 0 Å². The maximum Gasteiger partial charge on any atom is 0.257 e. The molecule has 0 unspecified atom stereocenters. The number of amides is 1. The van der Waals surface area contributed by atoms with Gasteiger partial charge in [0.15, 0.2) is 5.13 Å². The molecule has 1 aromatic heterocycles. The number of hydrogen-bond donors (Lipinski definition) is 2. The number of thiazole rings is 1. The van der Waals surface area contributed by atoms with E-state index in [1.54, 1.807) is 6.20 Å². The Morgan fingerprint density at radius 1 is 1.42 bits per heavy atom. The number of benzene rings is 1. The van der Waals surface area contributed by atoms with Crippen LogP contribution in [0.5, 0.6) is 0 Å². The number of nitrogens with one attached hydrogen (secondary N) is 2. The van der Waals surface area contributed by atoms with Gasteiger partial charge in [0.1, 0.15) is 0 Å². The SMILES string of the molecule is CNCCc1ccccc1C(=O)Nc1ncc(Br)s1. The predicted octanol–water partition coefficient (Wildman–Crippen LogP) is 2.92. The van der Waals surface area contributed by atoms with Crippen LogP contribution in [0, 0.1) is 0 Å². The van der Waals surface area contributed by atoms with Gasteiger partial charge in [0, 0.05) is 5.56 Å². The highest BCUT2D eigenvalue weighted by atomic mass is 79.9.